The van der Waals surface area contributed by atoms with Gasteiger partial charge in [0.05, 0.1) is 28.4 Å². The first-order valence-corrected chi connectivity index (χ1v) is 13.9. The molecule has 2 amide bonds. The molecule has 0 bridgehead atoms. The number of aliphatic hydroxyl groups is 1. The van der Waals surface area contributed by atoms with E-state index in [-0.39, 0.29) is 22.2 Å². The molecule has 9 nitrogen and oxygen atoms in total. The monoisotopic (exact) mass is 577 g/mol. The number of nitrogens with one attached hydrogen (secondary N) is 2. The van der Waals surface area contributed by atoms with Gasteiger partial charge in [-0.15, -0.1) is 0 Å². The zero-order valence-electron chi connectivity index (χ0n) is 22.4. The van der Waals surface area contributed by atoms with Gasteiger partial charge in [-0.2, -0.15) is 0 Å². The maximum atomic E-state index is 15.2. The lowest BCUT2D eigenvalue weighted by Gasteiger charge is -2.35. The summed E-state index contributed by atoms with van der Waals surface area (Å²) in [5.41, 5.74) is -0.370. The first-order valence-electron chi connectivity index (χ1n) is 13.5. The molecule has 1 fully saturated rings. The van der Waals surface area contributed by atoms with Gasteiger partial charge < -0.3 is 19.7 Å². The molecule has 6 rings (SSSR count). The number of aromatic amines is 1. The van der Waals surface area contributed by atoms with Crippen molar-refractivity contribution in [3.8, 4) is 0 Å². The van der Waals surface area contributed by atoms with E-state index < -0.39 is 23.5 Å². The van der Waals surface area contributed by atoms with Crippen LogP contribution in [0.15, 0.2) is 60.7 Å². The Morgan fingerprint density at radius 3 is 2.78 bits per heavy atom. The molecule has 212 valence electrons. The van der Waals surface area contributed by atoms with Gasteiger partial charge in [0.25, 0.3) is 5.91 Å². The molecule has 3 N–H and O–H groups in total. The third-order valence-electron chi connectivity index (χ3n) is 7.93. The molecule has 0 spiro atoms. The second kappa shape index (κ2) is 10.8. The van der Waals surface area contributed by atoms with Crippen molar-refractivity contribution >= 4 is 46.3 Å². The topological polar surface area (TPSA) is 111 Å². The average Bonchev–Trinajstić information content (AvgIpc) is 3.47. The third-order valence-corrected chi connectivity index (χ3v) is 8.23. The van der Waals surface area contributed by atoms with Crippen molar-refractivity contribution in [3.05, 3.63) is 88.2 Å². The molecule has 2 aliphatic heterocycles. The first kappa shape index (κ1) is 27.2. The molecule has 3 aromatic carbocycles. The Morgan fingerprint density at radius 1 is 1.20 bits per heavy atom. The summed E-state index contributed by atoms with van der Waals surface area (Å²) in [6, 6.07) is 15.7. The number of imidazole rings is 1. The number of carbonyl (C=O) groups excluding carboxylic acids is 2. The van der Waals surface area contributed by atoms with Gasteiger partial charge in [0, 0.05) is 16.7 Å². The van der Waals surface area contributed by atoms with Crippen molar-refractivity contribution in [2.24, 2.45) is 5.92 Å². The maximum Gasteiger partial charge on any atom is 0.413 e. The summed E-state index contributed by atoms with van der Waals surface area (Å²) in [5.74, 6) is -0.674. The molecule has 1 unspecified atom stereocenters. The van der Waals surface area contributed by atoms with Crippen LogP contribution >= 0.6 is 11.6 Å². The standard InChI is InChI=1S/C30H29ClFN5O4/c1-36-14-11-18(12-15-36)13-16-41-29(39)35-28-33-23-10-9-19(17-24(23)34-28)30(40)21-6-3-2-5-20(21)27(38)37(30)25-8-4-7-22(31)26(25)32/h2-10,17-18,40H,11-16H2,1H3,(H2,33,34,35,39). The summed E-state index contributed by atoms with van der Waals surface area (Å²) in [5, 5.41) is 14.7. The highest BCUT2D eigenvalue weighted by Gasteiger charge is 2.51. The van der Waals surface area contributed by atoms with Gasteiger partial charge in [-0.1, -0.05) is 41.9 Å². The van der Waals surface area contributed by atoms with Gasteiger partial charge in [0.1, 0.15) is 0 Å². The Kier molecular flexibility index (Phi) is 7.14. The minimum absolute atomic E-state index is 0.156. The lowest BCUT2D eigenvalue weighted by molar-refractivity contribution is 0.0699. The van der Waals surface area contributed by atoms with Crippen LogP contribution in [0.4, 0.5) is 20.8 Å². The number of likely N-dealkylation sites (tertiary alicyclic amines) is 1. The fourth-order valence-corrected chi connectivity index (χ4v) is 5.85. The van der Waals surface area contributed by atoms with Crippen LogP contribution in [0.2, 0.25) is 5.02 Å². The number of aromatic nitrogens is 2. The summed E-state index contributed by atoms with van der Waals surface area (Å²) < 4.78 is 20.6. The van der Waals surface area contributed by atoms with Crippen molar-refractivity contribution in [2.45, 2.75) is 25.0 Å². The van der Waals surface area contributed by atoms with Crippen molar-refractivity contribution in [1.29, 1.82) is 0 Å². The number of nitrogens with zero attached hydrogens (tertiary/aromatic N) is 3. The lowest BCUT2D eigenvalue weighted by atomic mass is 9.93. The molecular formula is C30H29ClFN5O4. The Labute approximate surface area is 240 Å². The molecule has 3 heterocycles. The summed E-state index contributed by atoms with van der Waals surface area (Å²) in [6.07, 6.45) is 2.38. The first-order chi connectivity index (χ1) is 19.8. The van der Waals surface area contributed by atoms with Crippen molar-refractivity contribution in [2.75, 3.05) is 37.0 Å². The second-order valence-corrected chi connectivity index (χ2v) is 11.0. The number of H-pyrrole nitrogens is 1. The molecule has 2 aliphatic rings. The molecule has 41 heavy (non-hydrogen) atoms. The summed E-state index contributed by atoms with van der Waals surface area (Å²) in [7, 11) is 2.11. The smallest absolute Gasteiger partial charge is 0.413 e. The number of amides is 2. The van der Waals surface area contributed by atoms with E-state index >= 15 is 4.39 Å². The summed E-state index contributed by atoms with van der Waals surface area (Å²) >= 11 is 6.03. The molecule has 11 heteroatoms. The summed E-state index contributed by atoms with van der Waals surface area (Å²) in [6.45, 7) is 2.43. The Hall–Kier alpha value is -3.99. The number of benzene rings is 3. The van der Waals surface area contributed by atoms with E-state index in [4.69, 9.17) is 16.3 Å². The van der Waals surface area contributed by atoms with Gasteiger partial charge >= 0.3 is 6.09 Å². The lowest BCUT2D eigenvalue weighted by Crippen LogP contribution is -2.45. The summed E-state index contributed by atoms with van der Waals surface area (Å²) in [4.78, 5) is 36.7. The van der Waals surface area contributed by atoms with Crippen LogP contribution in [0.1, 0.15) is 40.7 Å². The maximum absolute atomic E-state index is 15.2. The quantitative estimate of drug-likeness (QED) is 0.279. The zero-order chi connectivity index (χ0) is 28.7. The van der Waals surface area contributed by atoms with Gasteiger partial charge in [0.15, 0.2) is 11.5 Å². The van der Waals surface area contributed by atoms with Gasteiger partial charge in [0.2, 0.25) is 5.95 Å². The van der Waals surface area contributed by atoms with Crippen LogP contribution in [0, 0.1) is 11.7 Å². The van der Waals surface area contributed by atoms with Gasteiger partial charge in [-0.05, 0) is 75.6 Å². The highest BCUT2D eigenvalue weighted by atomic mass is 35.5. The highest BCUT2D eigenvalue weighted by molar-refractivity contribution is 6.31. The molecule has 1 saturated heterocycles. The van der Waals surface area contributed by atoms with E-state index in [0.29, 0.717) is 34.7 Å². The van der Waals surface area contributed by atoms with E-state index in [0.717, 1.165) is 37.3 Å². The Morgan fingerprint density at radius 2 is 1.98 bits per heavy atom. The molecular weight excluding hydrogens is 549 g/mol. The van der Waals surface area contributed by atoms with Gasteiger partial charge in [-0.3, -0.25) is 15.0 Å². The SMILES string of the molecule is CN1CCC(CCOC(=O)Nc2nc3ccc(C4(O)c5ccccc5C(=O)N4c4cccc(Cl)c4F)cc3[nH]2)CC1. The number of rotatable bonds is 6. The zero-order valence-corrected chi connectivity index (χ0v) is 23.1. The van der Waals surface area contributed by atoms with Crippen LogP contribution in [-0.4, -0.2) is 58.7 Å². The molecule has 1 aromatic heterocycles. The largest absolute Gasteiger partial charge is 0.449 e. The predicted molar refractivity (Wildman–Crippen MR) is 154 cm³/mol. The molecule has 0 aliphatic carbocycles. The number of hydrogen-bond acceptors (Lipinski definition) is 6. The van der Waals surface area contributed by atoms with Gasteiger partial charge in [-0.25, -0.2) is 14.2 Å². The number of anilines is 2. The highest BCUT2D eigenvalue weighted by Crippen LogP contribution is 2.46. The normalized spacial score (nSPS) is 19.5. The van der Waals surface area contributed by atoms with Crippen LogP contribution in [0.25, 0.3) is 11.0 Å². The number of fused-ring (bicyclic) bond motifs is 2. The van der Waals surface area contributed by atoms with E-state index in [1.807, 2.05) is 0 Å². The number of hydrogen-bond donors (Lipinski definition) is 3. The van der Waals surface area contributed by atoms with Crippen LogP contribution in [0.5, 0.6) is 0 Å². The predicted octanol–water partition coefficient (Wildman–Crippen LogP) is 5.49. The fourth-order valence-electron chi connectivity index (χ4n) is 5.68. The van der Waals surface area contributed by atoms with Crippen LogP contribution in [-0.2, 0) is 10.5 Å². The van der Waals surface area contributed by atoms with Crippen molar-refractivity contribution in [1.82, 2.24) is 14.9 Å². The number of piperidine rings is 1. The minimum Gasteiger partial charge on any atom is -0.449 e. The fraction of sp³-hybridized carbons (Fsp3) is 0.300. The van der Waals surface area contributed by atoms with E-state index in [1.54, 1.807) is 42.5 Å². The molecule has 0 radical (unpaired) electrons. The Bertz CT molecular complexity index is 1640. The van der Waals surface area contributed by atoms with E-state index in [1.165, 1.54) is 18.2 Å². The second-order valence-electron chi connectivity index (χ2n) is 10.5. The third kappa shape index (κ3) is 4.92. The minimum atomic E-state index is -2.04. The average molecular weight is 578 g/mol. The van der Waals surface area contributed by atoms with E-state index in [2.05, 4.69) is 27.2 Å². The number of ether oxygens (including phenoxy) is 1. The van der Waals surface area contributed by atoms with Crippen molar-refractivity contribution < 1.29 is 23.8 Å². The van der Waals surface area contributed by atoms with Crippen LogP contribution < -0.4 is 10.2 Å². The van der Waals surface area contributed by atoms with Crippen LogP contribution in [0.3, 0.4) is 0 Å². The number of carbonyl (C=O) groups is 2. The van der Waals surface area contributed by atoms with E-state index in [9.17, 15) is 14.7 Å². The molecule has 0 saturated carbocycles. The number of halogens is 2. The molecule has 1 atom stereocenters. The van der Waals surface area contributed by atoms with Crippen molar-refractivity contribution in [3.63, 3.8) is 0 Å². The molecule has 4 aromatic rings. The Balaban J connectivity index is 1.25.